The first-order chi connectivity index (χ1) is 13.5. The summed E-state index contributed by atoms with van der Waals surface area (Å²) in [6, 6.07) is 10.5. The van der Waals surface area contributed by atoms with Gasteiger partial charge in [0.25, 0.3) is 11.1 Å². The van der Waals surface area contributed by atoms with Gasteiger partial charge in [0.05, 0.1) is 36.8 Å². The van der Waals surface area contributed by atoms with E-state index in [1.165, 1.54) is 14.2 Å². The van der Waals surface area contributed by atoms with E-state index in [4.69, 9.17) is 14.2 Å². The highest BCUT2D eigenvalue weighted by molar-refractivity contribution is 7.15. The molecule has 0 atom stereocenters. The summed E-state index contributed by atoms with van der Waals surface area (Å²) in [5, 5.41) is 0.293. The van der Waals surface area contributed by atoms with Crippen molar-refractivity contribution in [3.05, 3.63) is 67.2 Å². The minimum absolute atomic E-state index is 0.293. The number of hydrogen-bond acceptors (Lipinski definition) is 7. The maximum Gasteiger partial charge on any atom is 0.277 e. The standard InChI is InChI=1S/C20H16N2O5S/c1-25-12-6-4-11(5-7-12)8-17-19(24)22-18(23)13-9-15(26-2)16(27-3)10-14(13)21-20(22)28-17/h4-10H,1-3H3/b17-8-. The molecule has 0 aliphatic heterocycles. The van der Waals surface area contributed by atoms with Crippen LogP contribution in [0.5, 0.6) is 17.2 Å². The number of fused-ring (bicyclic) bond motifs is 2. The van der Waals surface area contributed by atoms with Crippen LogP contribution in [-0.4, -0.2) is 30.7 Å². The third-order valence-electron chi connectivity index (χ3n) is 4.37. The van der Waals surface area contributed by atoms with Gasteiger partial charge in [-0.2, -0.15) is 0 Å². The molecule has 0 aliphatic carbocycles. The van der Waals surface area contributed by atoms with Gasteiger partial charge in [-0.3, -0.25) is 9.59 Å². The number of rotatable bonds is 4. The van der Waals surface area contributed by atoms with E-state index in [-0.39, 0.29) is 0 Å². The number of thiazole rings is 1. The van der Waals surface area contributed by atoms with Gasteiger partial charge in [-0.15, -0.1) is 0 Å². The summed E-state index contributed by atoms with van der Waals surface area (Å²) < 4.78 is 17.2. The lowest BCUT2D eigenvalue weighted by Gasteiger charge is -2.08. The predicted molar refractivity (Wildman–Crippen MR) is 108 cm³/mol. The fraction of sp³-hybridized carbons (Fsp3) is 0.150. The SMILES string of the molecule is COc1ccc(/C=c2\sc3nc4cc(OC)c(OC)cc4c(=O)n3c2=O)cc1. The van der Waals surface area contributed by atoms with Crippen molar-refractivity contribution in [1.82, 2.24) is 9.38 Å². The Kier molecular flexibility index (Phi) is 4.48. The molecule has 7 nitrogen and oxygen atoms in total. The van der Waals surface area contributed by atoms with Gasteiger partial charge >= 0.3 is 0 Å². The predicted octanol–water partition coefficient (Wildman–Crippen LogP) is 1.84. The van der Waals surface area contributed by atoms with Gasteiger partial charge in [-0.1, -0.05) is 23.5 Å². The topological polar surface area (TPSA) is 79.1 Å². The van der Waals surface area contributed by atoms with Crippen LogP contribution in [0.3, 0.4) is 0 Å². The van der Waals surface area contributed by atoms with Gasteiger partial charge in [0.2, 0.25) is 4.96 Å². The summed E-state index contributed by atoms with van der Waals surface area (Å²) in [6.45, 7) is 0. The number of hydrogen-bond donors (Lipinski definition) is 0. The maximum absolute atomic E-state index is 12.9. The molecule has 0 saturated heterocycles. The average molecular weight is 396 g/mol. The Labute approximate surface area is 163 Å². The van der Waals surface area contributed by atoms with Crippen LogP contribution in [0.15, 0.2) is 46.0 Å². The lowest BCUT2D eigenvalue weighted by atomic mass is 10.2. The Morgan fingerprint density at radius 2 is 1.61 bits per heavy atom. The lowest BCUT2D eigenvalue weighted by molar-refractivity contribution is 0.355. The van der Waals surface area contributed by atoms with Gasteiger partial charge in [0.1, 0.15) is 5.75 Å². The molecule has 28 heavy (non-hydrogen) atoms. The van der Waals surface area contributed by atoms with E-state index in [0.29, 0.717) is 31.9 Å². The second-order valence-corrected chi connectivity index (χ2v) is 6.96. The zero-order valence-electron chi connectivity index (χ0n) is 15.4. The van der Waals surface area contributed by atoms with E-state index < -0.39 is 11.1 Å². The Morgan fingerprint density at radius 3 is 2.25 bits per heavy atom. The monoisotopic (exact) mass is 396 g/mol. The Balaban J connectivity index is 1.98. The van der Waals surface area contributed by atoms with Gasteiger partial charge in [0.15, 0.2) is 11.5 Å². The van der Waals surface area contributed by atoms with Crippen LogP contribution in [0.1, 0.15) is 5.56 Å². The van der Waals surface area contributed by atoms with Crippen molar-refractivity contribution in [2.45, 2.75) is 0 Å². The van der Waals surface area contributed by atoms with E-state index >= 15 is 0 Å². The Hall–Kier alpha value is -3.39. The molecule has 2 aromatic carbocycles. The van der Waals surface area contributed by atoms with E-state index in [2.05, 4.69) is 4.98 Å². The van der Waals surface area contributed by atoms with Gasteiger partial charge in [-0.25, -0.2) is 9.38 Å². The second kappa shape index (κ2) is 6.97. The van der Waals surface area contributed by atoms with Crippen LogP contribution in [0, 0.1) is 0 Å². The normalized spacial score (nSPS) is 11.9. The highest BCUT2D eigenvalue weighted by Gasteiger charge is 2.15. The van der Waals surface area contributed by atoms with Crippen LogP contribution in [0.2, 0.25) is 0 Å². The minimum Gasteiger partial charge on any atom is -0.497 e. The summed E-state index contributed by atoms with van der Waals surface area (Å²) in [4.78, 5) is 30.6. The fourth-order valence-electron chi connectivity index (χ4n) is 2.93. The molecule has 4 rings (SSSR count). The largest absolute Gasteiger partial charge is 0.497 e. The first kappa shape index (κ1) is 18.0. The number of nitrogens with zero attached hydrogens (tertiary/aromatic N) is 2. The molecule has 0 N–H and O–H groups in total. The molecule has 0 unspecified atom stereocenters. The minimum atomic E-state index is -0.434. The van der Waals surface area contributed by atoms with Crippen molar-refractivity contribution in [1.29, 1.82) is 0 Å². The third kappa shape index (κ3) is 2.87. The van der Waals surface area contributed by atoms with Crippen molar-refractivity contribution in [3.8, 4) is 17.2 Å². The van der Waals surface area contributed by atoms with Crippen molar-refractivity contribution >= 4 is 33.3 Å². The number of benzene rings is 2. The summed E-state index contributed by atoms with van der Waals surface area (Å²) >= 11 is 1.16. The molecule has 2 heterocycles. The van der Waals surface area contributed by atoms with Crippen LogP contribution in [0.25, 0.3) is 21.9 Å². The van der Waals surface area contributed by atoms with Crippen LogP contribution >= 0.6 is 11.3 Å². The maximum atomic E-state index is 12.9. The number of aromatic nitrogens is 2. The quantitative estimate of drug-likeness (QED) is 0.524. The Bertz CT molecular complexity index is 1360. The molecule has 0 aliphatic rings. The van der Waals surface area contributed by atoms with Gasteiger partial charge in [0, 0.05) is 6.07 Å². The van der Waals surface area contributed by atoms with Crippen molar-refractivity contribution in [2.24, 2.45) is 0 Å². The highest BCUT2D eigenvalue weighted by atomic mass is 32.1. The van der Waals surface area contributed by atoms with E-state index in [9.17, 15) is 9.59 Å². The second-order valence-electron chi connectivity index (χ2n) is 5.95. The van der Waals surface area contributed by atoms with E-state index in [0.717, 1.165) is 27.1 Å². The van der Waals surface area contributed by atoms with Crippen molar-refractivity contribution < 1.29 is 14.2 Å². The molecule has 2 aromatic heterocycles. The van der Waals surface area contributed by atoms with Crippen LogP contribution in [0.4, 0.5) is 0 Å². The van der Waals surface area contributed by atoms with Crippen LogP contribution in [-0.2, 0) is 0 Å². The molecule has 142 valence electrons. The van der Waals surface area contributed by atoms with Crippen LogP contribution < -0.4 is 29.9 Å². The molecular weight excluding hydrogens is 380 g/mol. The first-order valence-electron chi connectivity index (χ1n) is 8.33. The summed E-state index contributed by atoms with van der Waals surface area (Å²) in [5.41, 5.74) is 0.437. The smallest absolute Gasteiger partial charge is 0.277 e. The van der Waals surface area contributed by atoms with E-state index in [1.54, 1.807) is 37.5 Å². The average Bonchev–Trinajstić information content (AvgIpc) is 3.03. The lowest BCUT2D eigenvalue weighted by Crippen LogP contribution is -2.31. The molecule has 0 bridgehead atoms. The molecule has 4 aromatic rings. The fourth-order valence-corrected chi connectivity index (χ4v) is 3.91. The molecule has 0 amide bonds. The first-order valence-corrected chi connectivity index (χ1v) is 9.14. The van der Waals surface area contributed by atoms with E-state index in [1.807, 2.05) is 12.1 Å². The number of methoxy groups -OCH3 is 3. The zero-order chi connectivity index (χ0) is 19.8. The van der Waals surface area contributed by atoms with Crippen molar-refractivity contribution in [3.63, 3.8) is 0 Å². The third-order valence-corrected chi connectivity index (χ3v) is 5.34. The molecule has 0 saturated carbocycles. The summed E-state index contributed by atoms with van der Waals surface area (Å²) in [7, 11) is 4.59. The van der Waals surface area contributed by atoms with Gasteiger partial charge in [-0.05, 0) is 29.8 Å². The molecule has 0 fully saturated rings. The molecule has 0 radical (unpaired) electrons. The molecular formula is C20H16N2O5S. The molecule has 0 spiro atoms. The summed E-state index contributed by atoms with van der Waals surface area (Å²) in [6.07, 6.45) is 1.73. The summed E-state index contributed by atoms with van der Waals surface area (Å²) in [5.74, 6) is 1.60. The number of ether oxygens (including phenoxy) is 3. The van der Waals surface area contributed by atoms with Crippen molar-refractivity contribution in [2.75, 3.05) is 21.3 Å². The molecule has 8 heteroatoms. The Morgan fingerprint density at radius 1 is 0.929 bits per heavy atom. The van der Waals surface area contributed by atoms with Gasteiger partial charge < -0.3 is 14.2 Å². The zero-order valence-corrected chi connectivity index (χ0v) is 16.2. The highest BCUT2D eigenvalue weighted by Crippen LogP contribution is 2.30.